The van der Waals surface area contributed by atoms with Crippen molar-refractivity contribution in [1.29, 1.82) is 0 Å². The Labute approximate surface area is 127 Å². The summed E-state index contributed by atoms with van der Waals surface area (Å²) >= 11 is 0. The fourth-order valence-corrected chi connectivity index (χ4v) is 3.24. The Morgan fingerprint density at radius 3 is 2.43 bits per heavy atom. The normalized spacial score (nSPS) is 19.5. The molecule has 0 aromatic carbocycles. The molecule has 21 heavy (non-hydrogen) atoms. The number of hydrazine groups is 1. The third kappa shape index (κ3) is 3.64. The lowest BCUT2D eigenvalue weighted by Gasteiger charge is -2.22. The van der Waals surface area contributed by atoms with Gasteiger partial charge in [-0.3, -0.25) is 0 Å². The second kappa shape index (κ2) is 6.60. The third-order valence-corrected chi connectivity index (χ3v) is 4.81. The smallest absolute Gasteiger partial charge is 0.148 e. The Bertz CT molecular complexity index is 478. The predicted octanol–water partition coefficient (Wildman–Crippen LogP) is 3.33. The average Bonchev–Trinajstić information content (AvgIpc) is 3.35. The molecule has 1 heterocycles. The van der Waals surface area contributed by atoms with Crippen LogP contribution in [0.3, 0.4) is 0 Å². The van der Waals surface area contributed by atoms with E-state index in [1.54, 1.807) is 0 Å². The number of aromatic nitrogens is 2. The van der Waals surface area contributed by atoms with Gasteiger partial charge in [-0.05, 0) is 32.1 Å². The van der Waals surface area contributed by atoms with Crippen LogP contribution in [-0.2, 0) is 0 Å². The van der Waals surface area contributed by atoms with E-state index in [-0.39, 0.29) is 0 Å². The number of hydrogen-bond acceptors (Lipinski definition) is 5. The molecule has 2 aliphatic carbocycles. The zero-order chi connectivity index (χ0) is 14.7. The maximum atomic E-state index is 5.59. The lowest BCUT2D eigenvalue weighted by atomic mass is 9.87. The van der Waals surface area contributed by atoms with Gasteiger partial charge in [0.25, 0.3) is 0 Å². The number of nitrogens with two attached hydrogens (primary N) is 1. The fraction of sp³-hybridized carbons (Fsp3) is 0.750. The first-order valence-electron chi connectivity index (χ1n) is 8.37. The number of rotatable bonds is 6. The molecule has 0 saturated heterocycles. The molecule has 116 valence electrons. The molecule has 0 atom stereocenters. The number of nitrogens with one attached hydrogen (secondary N) is 2. The van der Waals surface area contributed by atoms with Crippen molar-refractivity contribution in [3.05, 3.63) is 11.4 Å². The van der Waals surface area contributed by atoms with Gasteiger partial charge in [-0.15, -0.1) is 0 Å². The molecule has 5 nitrogen and oxygen atoms in total. The van der Waals surface area contributed by atoms with Crippen molar-refractivity contribution >= 4 is 11.6 Å². The Morgan fingerprint density at radius 1 is 1.05 bits per heavy atom. The van der Waals surface area contributed by atoms with Crippen molar-refractivity contribution in [1.82, 2.24) is 9.97 Å². The van der Waals surface area contributed by atoms with E-state index in [0.717, 1.165) is 35.5 Å². The zero-order valence-electron chi connectivity index (χ0n) is 13.0. The maximum absolute atomic E-state index is 5.59. The van der Waals surface area contributed by atoms with Gasteiger partial charge in [-0.2, -0.15) is 0 Å². The zero-order valence-corrected chi connectivity index (χ0v) is 13.0. The van der Waals surface area contributed by atoms with Crippen molar-refractivity contribution in [2.45, 2.75) is 64.2 Å². The Kier molecular flexibility index (Phi) is 4.58. The summed E-state index contributed by atoms with van der Waals surface area (Å²) in [6, 6.07) is 0. The van der Waals surface area contributed by atoms with E-state index >= 15 is 0 Å². The van der Waals surface area contributed by atoms with Crippen molar-refractivity contribution in [2.24, 2.45) is 11.8 Å². The van der Waals surface area contributed by atoms with Crippen LogP contribution in [0.2, 0.25) is 0 Å². The summed E-state index contributed by atoms with van der Waals surface area (Å²) in [4.78, 5) is 9.23. The van der Waals surface area contributed by atoms with Gasteiger partial charge < -0.3 is 10.7 Å². The SMILES string of the molecule is Cc1c(NN)nc(C2CC2)nc1NCCC1CCCCC1. The molecule has 0 aliphatic heterocycles. The van der Waals surface area contributed by atoms with E-state index in [2.05, 4.69) is 15.7 Å². The molecule has 0 unspecified atom stereocenters. The van der Waals surface area contributed by atoms with Crippen molar-refractivity contribution < 1.29 is 0 Å². The van der Waals surface area contributed by atoms with Gasteiger partial charge in [0.2, 0.25) is 0 Å². The highest BCUT2D eigenvalue weighted by Crippen LogP contribution is 2.39. The monoisotopic (exact) mass is 289 g/mol. The molecule has 5 heteroatoms. The van der Waals surface area contributed by atoms with E-state index < -0.39 is 0 Å². The van der Waals surface area contributed by atoms with Crippen LogP contribution in [0.4, 0.5) is 11.6 Å². The summed E-state index contributed by atoms with van der Waals surface area (Å²) in [5.74, 6) is 9.67. The largest absolute Gasteiger partial charge is 0.370 e. The standard InChI is InChI=1S/C16H27N5/c1-11-14(18-10-9-12-5-3-2-4-6-12)19-16(13-7-8-13)20-15(11)21-17/h12-13H,2-10,17H2,1H3,(H2,18,19,20,21). The lowest BCUT2D eigenvalue weighted by Crippen LogP contribution is -2.17. The number of hydrogen-bond donors (Lipinski definition) is 3. The molecule has 1 aromatic rings. The summed E-state index contributed by atoms with van der Waals surface area (Å²) in [5.41, 5.74) is 3.73. The highest BCUT2D eigenvalue weighted by molar-refractivity contribution is 5.57. The van der Waals surface area contributed by atoms with Crippen molar-refractivity contribution in [2.75, 3.05) is 17.3 Å². The quantitative estimate of drug-likeness (QED) is 0.553. The molecule has 2 saturated carbocycles. The molecule has 0 radical (unpaired) electrons. The molecule has 0 bridgehead atoms. The van der Waals surface area contributed by atoms with Crippen LogP contribution >= 0.6 is 0 Å². The van der Waals surface area contributed by atoms with Gasteiger partial charge in [0.05, 0.1) is 0 Å². The lowest BCUT2D eigenvalue weighted by molar-refractivity contribution is 0.345. The molecule has 1 aromatic heterocycles. The van der Waals surface area contributed by atoms with E-state index in [1.165, 1.54) is 51.4 Å². The Balaban J connectivity index is 1.61. The number of nitrogen functional groups attached to an aromatic ring is 1. The molecule has 2 fully saturated rings. The van der Waals surface area contributed by atoms with Crippen LogP contribution < -0.4 is 16.6 Å². The van der Waals surface area contributed by atoms with Crippen LogP contribution in [0.1, 0.15) is 68.7 Å². The summed E-state index contributed by atoms with van der Waals surface area (Å²) in [5, 5.41) is 3.51. The molecule has 4 N–H and O–H groups in total. The van der Waals surface area contributed by atoms with Gasteiger partial charge in [0.15, 0.2) is 0 Å². The minimum absolute atomic E-state index is 0.539. The summed E-state index contributed by atoms with van der Waals surface area (Å²) in [6.07, 6.45) is 10.7. The molecule has 0 amide bonds. The Morgan fingerprint density at radius 2 is 1.76 bits per heavy atom. The van der Waals surface area contributed by atoms with E-state index in [4.69, 9.17) is 10.8 Å². The van der Waals surface area contributed by atoms with Gasteiger partial charge >= 0.3 is 0 Å². The van der Waals surface area contributed by atoms with Gasteiger partial charge in [-0.25, -0.2) is 15.8 Å². The van der Waals surface area contributed by atoms with Crippen LogP contribution in [0, 0.1) is 12.8 Å². The van der Waals surface area contributed by atoms with E-state index in [9.17, 15) is 0 Å². The minimum Gasteiger partial charge on any atom is -0.370 e. The molecular weight excluding hydrogens is 262 g/mol. The average molecular weight is 289 g/mol. The summed E-state index contributed by atoms with van der Waals surface area (Å²) < 4.78 is 0. The minimum atomic E-state index is 0.539. The molecule has 2 aliphatic rings. The number of anilines is 2. The highest BCUT2D eigenvalue weighted by Gasteiger charge is 2.28. The van der Waals surface area contributed by atoms with Gasteiger partial charge in [-0.1, -0.05) is 32.1 Å². The second-order valence-electron chi connectivity index (χ2n) is 6.54. The topological polar surface area (TPSA) is 75.9 Å². The second-order valence-corrected chi connectivity index (χ2v) is 6.54. The van der Waals surface area contributed by atoms with E-state index in [1.807, 2.05) is 6.92 Å². The molecule has 3 rings (SSSR count). The van der Waals surface area contributed by atoms with Crippen LogP contribution in [0.5, 0.6) is 0 Å². The Hall–Kier alpha value is -1.36. The summed E-state index contributed by atoms with van der Waals surface area (Å²) in [7, 11) is 0. The maximum Gasteiger partial charge on any atom is 0.148 e. The first-order chi connectivity index (χ1) is 10.3. The third-order valence-electron chi connectivity index (χ3n) is 4.81. The van der Waals surface area contributed by atoms with Crippen LogP contribution in [0.25, 0.3) is 0 Å². The van der Waals surface area contributed by atoms with Crippen LogP contribution in [-0.4, -0.2) is 16.5 Å². The number of nitrogens with zero attached hydrogens (tertiary/aromatic N) is 2. The predicted molar refractivity (Wildman–Crippen MR) is 86.2 cm³/mol. The molecular formula is C16H27N5. The van der Waals surface area contributed by atoms with Crippen molar-refractivity contribution in [3.63, 3.8) is 0 Å². The van der Waals surface area contributed by atoms with Gasteiger partial charge in [0, 0.05) is 18.0 Å². The fourth-order valence-electron chi connectivity index (χ4n) is 3.24. The highest BCUT2D eigenvalue weighted by atomic mass is 15.3. The van der Waals surface area contributed by atoms with Gasteiger partial charge in [0.1, 0.15) is 17.5 Å². The first kappa shape index (κ1) is 14.6. The first-order valence-corrected chi connectivity index (χ1v) is 8.37. The summed E-state index contributed by atoms with van der Waals surface area (Å²) in [6.45, 7) is 3.02. The van der Waals surface area contributed by atoms with E-state index in [0.29, 0.717) is 5.92 Å². The molecule has 0 spiro atoms. The van der Waals surface area contributed by atoms with Crippen LogP contribution in [0.15, 0.2) is 0 Å². The van der Waals surface area contributed by atoms with Crippen molar-refractivity contribution in [3.8, 4) is 0 Å².